The van der Waals surface area contributed by atoms with Crippen molar-refractivity contribution in [3.05, 3.63) is 11.4 Å². The highest BCUT2D eigenvalue weighted by atomic mass is 32.2. The molecule has 9 heteroatoms. The number of aromatic nitrogens is 2. The lowest BCUT2D eigenvalue weighted by Gasteiger charge is -2.05. The van der Waals surface area contributed by atoms with Gasteiger partial charge in [0.2, 0.25) is 10.0 Å². The van der Waals surface area contributed by atoms with E-state index in [4.69, 9.17) is 10.9 Å². The second-order valence-corrected chi connectivity index (χ2v) is 4.88. The number of hydrogen-bond donors (Lipinski definition) is 4. The summed E-state index contributed by atoms with van der Waals surface area (Å²) in [5.41, 5.74) is 5.96. The number of nitrogens with zero attached hydrogens (tertiary/aromatic N) is 2. The van der Waals surface area contributed by atoms with Crippen LogP contribution >= 0.6 is 0 Å². The average Bonchev–Trinajstić information content (AvgIpc) is 2.55. The van der Waals surface area contributed by atoms with Gasteiger partial charge in [-0.1, -0.05) is 5.16 Å². The predicted molar refractivity (Wildman–Crippen MR) is 56.7 cm³/mol. The molecule has 8 nitrogen and oxygen atoms in total. The Morgan fingerprint density at radius 3 is 2.69 bits per heavy atom. The zero-order valence-electron chi connectivity index (χ0n) is 8.85. The van der Waals surface area contributed by atoms with Crippen molar-refractivity contribution in [3.8, 4) is 0 Å². The fraction of sp³-hybridized carbons (Fsp3) is 0.429. The zero-order valence-corrected chi connectivity index (χ0v) is 9.67. The van der Waals surface area contributed by atoms with E-state index in [1.165, 1.54) is 0 Å². The first kappa shape index (κ1) is 12.5. The van der Waals surface area contributed by atoms with Gasteiger partial charge in [-0.2, -0.15) is 5.10 Å². The van der Waals surface area contributed by atoms with E-state index in [0.717, 1.165) is 0 Å². The molecule has 90 valence electrons. The highest BCUT2D eigenvalue weighted by molar-refractivity contribution is 7.89. The maximum Gasteiger partial charge on any atom is 0.244 e. The van der Waals surface area contributed by atoms with Gasteiger partial charge in [0.1, 0.15) is 4.90 Å². The van der Waals surface area contributed by atoms with Crippen molar-refractivity contribution in [1.82, 2.24) is 14.9 Å². The van der Waals surface area contributed by atoms with E-state index in [1.54, 1.807) is 13.8 Å². The zero-order chi connectivity index (χ0) is 12.3. The van der Waals surface area contributed by atoms with Crippen LogP contribution in [0.5, 0.6) is 0 Å². The summed E-state index contributed by atoms with van der Waals surface area (Å²) in [5, 5.41) is 17.3. The van der Waals surface area contributed by atoms with Crippen LogP contribution in [0.15, 0.2) is 10.1 Å². The van der Waals surface area contributed by atoms with Gasteiger partial charge in [0, 0.05) is 0 Å². The molecule has 0 aliphatic carbocycles. The minimum atomic E-state index is -3.70. The van der Waals surface area contributed by atoms with E-state index in [9.17, 15) is 8.42 Å². The third kappa shape index (κ3) is 2.49. The molecule has 0 saturated heterocycles. The number of aromatic amines is 1. The van der Waals surface area contributed by atoms with Crippen molar-refractivity contribution < 1.29 is 13.6 Å². The summed E-state index contributed by atoms with van der Waals surface area (Å²) in [6.07, 6.45) is 0. The Kier molecular flexibility index (Phi) is 3.50. The first-order valence-corrected chi connectivity index (χ1v) is 5.84. The Morgan fingerprint density at radius 1 is 1.62 bits per heavy atom. The molecule has 1 aromatic rings. The van der Waals surface area contributed by atoms with Crippen molar-refractivity contribution >= 4 is 15.9 Å². The summed E-state index contributed by atoms with van der Waals surface area (Å²) in [6, 6.07) is 0. The normalized spacial score (nSPS) is 13.0. The number of sulfonamides is 1. The average molecular weight is 247 g/mol. The second-order valence-electron chi connectivity index (χ2n) is 3.18. The SMILES string of the molecule is Cc1n[nH]c(C)c1S(=O)(=O)NC/C(N)=N/O. The molecule has 1 rings (SSSR count). The highest BCUT2D eigenvalue weighted by Crippen LogP contribution is 2.15. The summed E-state index contributed by atoms with van der Waals surface area (Å²) in [5.74, 6) is -0.220. The van der Waals surface area contributed by atoms with Crippen LogP contribution in [0.4, 0.5) is 0 Å². The van der Waals surface area contributed by atoms with Crippen LogP contribution in [0.1, 0.15) is 11.4 Å². The predicted octanol–water partition coefficient (Wildman–Crippen LogP) is -0.949. The molecular formula is C7H13N5O3S. The third-order valence-corrected chi connectivity index (χ3v) is 3.56. The number of oxime groups is 1. The number of nitrogens with two attached hydrogens (primary N) is 1. The molecule has 0 aromatic carbocycles. The number of amidine groups is 1. The lowest BCUT2D eigenvalue weighted by molar-refractivity contribution is 0.317. The van der Waals surface area contributed by atoms with Crippen molar-refractivity contribution in [3.63, 3.8) is 0 Å². The fourth-order valence-corrected chi connectivity index (χ4v) is 2.58. The topological polar surface area (TPSA) is 133 Å². The van der Waals surface area contributed by atoms with Crippen molar-refractivity contribution in [1.29, 1.82) is 0 Å². The van der Waals surface area contributed by atoms with Gasteiger partial charge in [-0.3, -0.25) is 5.10 Å². The molecule has 0 fully saturated rings. The van der Waals surface area contributed by atoms with Gasteiger partial charge < -0.3 is 10.9 Å². The quantitative estimate of drug-likeness (QED) is 0.235. The van der Waals surface area contributed by atoms with Crippen LogP contribution in [0, 0.1) is 13.8 Å². The van der Waals surface area contributed by atoms with Gasteiger partial charge in [0.05, 0.1) is 17.9 Å². The molecule has 1 heterocycles. The molecule has 0 aliphatic heterocycles. The van der Waals surface area contributed by atoms with Crippen LogP contribution < -0.4 is 10.5 Å². The van der Waals surface area contributed by atoms with E-state index in [2.05, 4.69) is 20.1 Å². The van der Waals surface area contributed by atoms with E-state index in [0.29, 0.717) is 11.4 Å². The number of nitrogens with one attached hydrogen (secondary N) is 2. The van der Waals surface area contributed by atoms with E-state index >= 15 is 0 Å². The number of hydrogen-bond acceptors (Lipinski definition) is 5. The molecule has 0 spiro atoms. The standard InChI is InChI=1S/C7H13N5O3S/c1-4-7(5(2)11-10-4)16(14,15)9-3-6(8)12-13/h9,13H,3H2,1-2H3,(H2,8,12)(H,10,11). The van der Waals surface area contributed by atoms with Crippen LogP contribution in [0.3, 0.4) is 0 Å². The molecule has 0 saturated carbocycles. The lowest BCUT2D eigenvalue weighted by atomic mass is 10.4. The van der Waals surface area contributed by atoms with Gasteiger partial charge in [-0.15, -0.1) is 0 Å². The highest BCUT2D eigenvalue weighted by Gasteiger charge is 2.21. The molecule has 0 bridgehead atoms. The van der Waals surface area contributed by atoms with Gasteiger partial charge in [0.25, 0.3) is 0 Å². The second kappa shape index (κ2) is 4.49. The van der Waals surface area contributed by atoms with Crippen LogP contribution in [-0.2, 0) is 10.0 Å². The molecule has 5 N–H and O–H groups in total. The maximum absolute atomic E-state index is 11.8. The Bertz CT molecular complexity index is 485. The summed E-state index contributed by atoms with van der Waals surface area (Å²) >= 11 is 0. The molecule has 0 radical (unpaired) electrons. The van der Waals surface area contributed by atoms with E-state index in [-0.39, 0.29) is 17.3 Å². The van der Waals surface area contributed by atoms with Gasteiger partial charge in [-0.05, 0) is 13.8 Å². The summed E-state index contributed by atoms with van der Waals surface area (Å²) in [4.78, 5) is 0.0817. The summed E-state index contributed by atoms with van der Waals surface area (Å²) in [7, 11) is -3.70. The Labute approximate surface area is 92.6 Å². The monoisotopic (exact) mass is 247 g/mol. The van der Waals surface area contributed by atoms with Gasteiger partial charge in [0.15, 0.2) is 5.84 Å². The summed E-state index contributed by atoms with van der Waals surface area (Å²) < 4.78 is 25.8. The van der Waals surface area contributed by atoms with Gasteiger partial charge in [-0.25, -0.2) is 13.1 Å². The van der Waals surface area contributed by atoms with Crippen molar-refractivity contribution in [2.45, 2.75) is 18.7 Å². The van der Waals surface area contributed by atoms with Crippen molar-refractivity contribution in [2.75, 3.05) is 6.54 Å². The first-order chi connectivity index (χ1) is 7.38. The molecule has 0 atom stereocenters. The van der Waals surface area contributed by atoms with E-state index in [1.807, 2.05) is 0 Å². The van der Waals surface area contributed by atoms with Crippen LogP contribution in [0.25, 0.3) is 0 Å². The third-order valence-electron chi connectivity index (χ3n) is 1.90. The Hall–Kier alpha value is -1.61. The van der Waals surface area contributed by atoms with Crippen LogP contribution in [0.2, 0.25) is 0 Å². The fourth-order valence-electron chi connectivity index (χ4n) is 1.21. The maximum atomic E-state index is 11.8. The minimum Gasteiger partial charge on any atom is -0.409 e. The molecule has 0 unspecified atom stereocenters. The van der Waals surface area contributed by atoms with Crippen molar-refractivity contribution in [2.24, 2.45) is 10.9 Å². The Balaban J connectivity index is 2.95. The van der Waals surface area contributed by atoms with Crippen LogP contribution in [-0.4, -0.2) is 36.2 Å². The number of H-pyrrole nitrogens is 1. The summed E-state index contributed by atoms with van der Waals surface area (Å²) in [6.45, 7) is 2.91. The van der Waals surface area contributed by atoms with Gasteiger partial charge >= 0.3 is 0 Å². The first-order valence-electron chi connectivity index (χ1n) is 4.36. The molecular weight excluding hydrogens is 234 g/mol. The lowest BCUT2D eigenvalue weighted by Crippen LogP contribution is -2.34. The minimum absolute atomic E-state index is 0.0817. The Morgan fingerprint density at radius 2 is 2.25 bits per heavy atom. The molecule has 16 heavy (non-hydrogen) atoms. The number of rotatable bonds is 4. The number of aryl methyl sites for hydroxylation is 2. The molecule has 0 aliphatic rings. The van der Waals surface area contributed by atoms with E-state index < -0.39 is 10.0 Å². The molecule has 1 aromatic heterocycles. The smallest absolute Gasteiger partial charge is 0.244 e. The molecule has 0 amide bonds. The largest absolute Gasteiger partial charge is 0.409 e.